The summed E-state index contributed by atoms with van der Waals surface area (Å²) >= 11 is 0. The minimum atomic E-state index is -0.112. The summed E-state index contributed by atoms with van der Waals surface area (Å²) in [7, 11) is 0. The van der Waals surface area contributed by atoms with Crippen LogP contribution in [0, 0.1) is 6.92 Å². The van der Waals surface area contributed by atoms with Gasteiger partial charge >= 0.3 is 0 Å². The number of benzene rings is 2. The van der Waals surface area contributed by atoms with Crippen molar-refractivity contribution >= 4 is 22.6 Å². The second kappa shape index (κ2) is 8.55. The second-order valence-corrected chi connectivity index (χ2v) is 7.57. The number of aromatic nitrogens is 4. The molecule has 5 aromatic rings. The minimum Gasteiger partial charge on any atom is -0.487 e. The Balaban J connectivity index is 1.15. The zero-order chi connectivity index (χ0) is 21.9. The van der Waals surface area contributed by atoms with Gasteiger partial charge in [0.1, 0.15) is 23.8 Å². The van der Waals surface area contributed by atoms with Crippen LogP contribution in [0.3, 0.4) is 0 Å². The Morgan fingerprint density at radius 2 is 1.81 bits per heavy atom. The lowest BCUT2D eigenvalue weighted by Gasteiger charge is -2.09. The van der Waals surface area contributed by atoms with Gasteiger partial charge in [0.05, 0.1) is 16.7 Å². The molecule has 2 aromatic carbocycles. The van der Waals surface area contributed by atoms with Gasteiger partial charge in [-0.05, 0) is 55.5 Å². The number of ether oxygens (including phenoxy) is 1. The number of pyridine rings is 1. The van der Waals surface area contributed by atoms with Crippen LogP contribution < -0.4 is 10.1 Å². The van der Waals surface area contributed by atoms with E-state index < -0.39 is 0 Å². The lowest BCUT2D eigenvalue weighted by Crippen LogP contribution is -2.27. The number of amides is 1. The molecule has 0 aliphatic rings. The number of rotatable bonds is 7. The maximum absolute atomic E-state index is 12.5. The third-order valence-electron chi connectivity index (χ3n) is 5.38. The number of nitrogens with zero attached hydrogens (tertiary/aromatic N) is 4. The number of nitrogens with one attached hydrogen (secondary N) is 1. The number of imidazole rings is 2. The van der Waals surface area contributed by atoms with Gasteiger partial charge in [0.25, 0.3) is 5.91 Å². The van der Waals surface area contributed by atoms with E-state index >= 15 is 0 Å². The van der Waals surface area contributed by atoms with Crippen molar-refractivity contribution in [3.05, 3.63) is 96.2 Å². The molecule has 0 aliphatic heterocycles. The van der Waals surface area contributed by atoms with Crippen LogP contribution in [-0.2, 0) is 13.2 Å². The van der Waals surface area contributed by atoms with Crippen molar-refractivity contribution in [1.29, 1.82) is 0 Å². The number of aryl methyl sites for hydroxylation is 1. The van der Waals surface area contributed by atoms with Gasteiger partial charge in [-0.3, -0.25) is 4.79 Å². The molecule has 1 amide bonds. The first-order chi connectivity index (χ1) is 15.7. The summed E-state index contributed by atoms with van der Waals surface area (Å²) in [6.07, 6.45) is 3.90. The van der Waals surface area contributed by atoms with Crippen molar-refractivity contribution in [3.63, 3.8) is 0 Å². The number of para-hydroxylation sites is 2. The number of carbonyl (C=O) groups is 1. The fourth-order valence-electron chi connectivity index (χ4n) is 3.78. The molecular formula is C25H23N5O2. The topological polar surface area (TPSA) is 73.5 Å². The molecule has 3 aromatic heterocycles. The number of fused-ring (bicyclic) bond motifs is 2. The molecule has 0 aliphatic carbocycles. The van der Waals surface area contributed by atoms with Crippen LogP contribution in [0.4, 0.5) is 0 Å². The molecule has 1 N–H and O–H groups in total. The maximum Gasteiger partial charge on any atom is 0.251 e. The molecule has 160 valence electrons. The van der Waals surface area contributed by atoms with E-state index in [1.807, 2.05) is 66.2 Å². The van der Waals surface area contributed by atoms with E-state index in [-0.39, 0.29) is 5.91 Å². The summed E-state index contributed by atoms with van der Waals surface area (Å²) in [5, 5.41) is 2.98. The summed E-state index contributed by atoms with van der Waals surface area (Å²) in [6, 6.07) is 21.0. The Hall–Kier alpha value is -4.13. The fraction of sp³-hybridized carbons (Fsp3) is 0.160. The second-order valence-electron chi connectivity index (χ2n) is 7.57. The lowest BCUT2D eigenvalue weighted by atomic mass is 10.2. The van der Waals surface area contributed by atoms with Gasteiger partial charge < -0.3 is 19.0 Å². The predicted molar refractivity (Wildman–Crippen MR) is 123 cm³/mol. The van der Waals surface area contributed by atoms with Crippen LogP contribution in [0.2, 0.25) is 0 Å². The molecule has 0 saturated heterocycles. The van der Waals surface area contributed by atoms with Crippen LogP contribution in [0.5, 0.6) is 5.75 Å². The summed E-state index contributed by atoms with van der Waals surface area (Å²) in [5.74, 6) is 1.52. The number of hydrogen-bond donors (Lipinski definition) is 1. The van der Waals surface area contributed by atoms with Crippen molar-refractivity contribution in [2.24, 2.45) is 0 Å². The van der Waals surface area contributed by atoms with Crippen LogP contribution in [0.25, 0.3) is 16.7 Å². The molecule has 0 radical (unpaired) electrons. The predicted octanol–water partition coefficient (Wildman–Crippen LogP) is 4.00. The van der Waals surface area contributed by atoms with Crippen LogP contribution >= 0.6 is 0 Å². The lowest BCUT2D eigenvalue weighted by molar-refractivity contribution is 0.0952. The van der Waals surface area contributed by atoms with Gasteiger partial charge in [-0.2, -0.15) is 0 Å². The average Bonchev–Trinajstić information content (AvgIpc) is 3.38. The Bertz CT molecular complexity index is 1350. The van der Waals surface area contributed by atoms with Crippen LogP contribution in [0.1, 0.15) is 21.9 Å². The van der Waals surface area contributed by atoms with Crippen LogP contribution in [0.15, 0.2) is 79.1 Å². The summed E-state index contributed by atoms with van der Waals surface area (Å²) in [6.45, 7) is 3.53. The molecule has 0 atom stereocenters. The van der Waals surface area contributed by atoms with E-state index in [9.17, 15) is 4.79 Å². The third kappa shape index (κ3) is 4.05. The summed E-state index contributed by atoms with van der Waals surface area (Å²) < 4.78 is 9.90. The van der Waals surface area contributed by atoms with E-state index in [0.717, 1.165) is 28.2 Å². The van der Waals surface area contributed by atoms with E-state index in [1.165, 1.54) is 0 Å². The highest BCUT2D eigenvalue weighted by Gasteiger charge is 2.09. The van der Waals surface area contributed by atoms with Gasteiger partial charge in [0.2, 0.25) is 0 Å². The molecule has 0 bridgehead atoms. The molecule has 7 nitrogen and oxygen atoms in total. The molecular weight excluding hydrogens is 402 g/mol. The monoisotopic (exact) mass is 425 g/mol. The molecule has 0 unspecified atom stereocenters. The van der Waals surface area contributed by atoms with Gasteiger partial charge in [0.15, 0.2) is 0 Å². The summed E-state index contributed by atoms with van der Waals surface area (Å²) in [4.78, 5) is 21.6. The number of carbonyl (C=O) groups excluding carboxylic acids is 1. The van der Waals surface area contributed by atoms with Crippen molar-refractivity contribution in [2.45, 2.75) is 20.1 Å². The zero-order valence-electron chi connectivity index (χ0n) is 17.7. The summed E-state index contributed by atoms with van der Waals surface area (Å²) in [5.41, 5.74) is 4.37. The quantitative estimate of drug-likeness (QED) is 0.428. The highest BCUT2D eigenvalue weighted by Crippen LogP contribution is 2.16. The largest absolute Gasteiger partial charge is 0.487 e. The van der Waals surface area contributed by atoms with E-state index in [2.05, 4.69) is 19.9 Å². The molecule has 7 heteroatoms. The Morgan fingerprint density at radius 1 is 1.00 bits per heavy atom. The van der Waals surface area contributed by atoms with Gasteiger partial charge in [-0.15, -0.1) is 0 Å². The Kier molecular flexibility index (Phi) is 5.29. The fourth-order valence-corrected chi connectivity index (χ4v) is 3.78. The van der Waals surface area contributed by atoms with Crippen molar-refractivity contribution in [3.8, 4) is 5.75 Å². The molecule has 5 rings (SSSR count). The van der Waals surface area contributed by atoms with Crippen molar-refractivity contribution in [2.75, 3.05) is 6.54 Å². The Labute approximate surface area is 185 Å². The van der Waals surface area contributed by atoms with E-state index in [4.69, 9.17) is 4.74 Å². The molecule has 0 fully saturated rings. The highest BCUT2D eigenvalue weighted by atomic mass is 16.5. The number of hydrogen-bond acceptors (Lipinski definition) is 4. The van der Waals surface area contributed by atoms with Gasteiger partial charge in [0, 0.05) is 31.0 Å². The standard InChI is InChI=1S/C25H23N5O2/c1-18-27-22-6-2-3-7-23(22)30(18)15-13-26-25(31)19-9-11-21(12-10-19)32-17-20-16-29-14-5-4-8-24(29)28-20/h2-12,14,16H,13,15,17H2,1H3,(H,26,31). The zero-order valence-corrected chi connectivity index (χ0v) is 17.7. The maximum atomic E-state index is 12.5. The average molecular weight is 425 g/mol. The van der Waals surface area contributed by atoms with E-state index in [0.29, 0.717) is 31.0 Å². The first kappa shape index (κ1) is 19.8. The Morgan fingerprint density at radius 3 is 2.66 bits per heavy atom. The van der Waals surface area contributed by atoms with Gasteiger partial charge in [-0.25, -0.2) is 9.97 Å². The SMILES string of the molecule is Cc1nc2ccccc2n1CCNC(=O)c1ccc(OCc2cn3ccccc3n2)cc1. The molecule has 0 saturated carbocycles. The van der Waals surface area contributed by atoms with Crippen molar-refractivity contribution in [1.82, 2.24) is 24.3 Å². The molecule has 3 heterocycles. The first-order valence-electron chi connectivity index (χ1n) is 10.5. The van der Waals surface area contributed by atoms with Crippen LogP contribution in [-0.4, -0.2) is 31.4 Å². The minimum absolute atomic E-state index is 0.112. The van der Waals surface area contributed by atoms with Gasteiger partial charge in [-0.1, -0.05) is 18.2 Å². The first-order valence-corrected chi connectivity index (χ1v) is 10.5. The smallest absolute Gasteiger partial charge is 0.251 e. The highest BCUT2D eigenvalue weighted by molar-refractivity contribution is 5.94. The van der Waals surface area contributed by atoms with Crippen molar-refractivity contribution < 1.29 is 9.53 Å². The molecule has 32 heavy (non-hydrogen) atoms. The normalized spacial score (nSPS) is 11.2. The molecule has 0 spiro atoms. The van der Waals surface area contributed by atoms with E-state index in [1.54, 1.807) is 24.3 Å². The third-order valence-corrected chi connectivity index (χ3v) is 5.38.